The van der Waals surface area contributed by atoms with E-state index in [1.54, 1.807) is 41.3 Å². The average molecular weight is 387 g/mol. The van der Waals surface area contributed by atoms with E-state index in [-0.39, 0.29) is 16.7 Å². The molecule has 0 bridgehead atoms. The molecule has 2 aromatic rings. The SMILES string of the molecule is CN(C)S(=O)(=O)c1cccc(NC(=O)c2cccc(N3CCCC3=O)c2)c1. The van der Waals surface area contributed by atoms with Crippen LogP contribution in [-0.4, -0.2) is 45.2 Å². The van der Waals surface area contributed by atoms with Gasteiger partial charge in [-0.25, -0.2) is 12.7 Å². The number of amides is 2. The number of carbonyl (C=O) groups excluding carboxylic acids is 2. The number of hydrogen-bond donors (Lipinski definition) is 1. The molecule has 1 aliphatic rings. The smallest absolute Gasteiger partial charge is 0.255 e. The average Bonchev–Trinajstić information content (AvgIpc) is 3.08. The van der Waals surface area contributed by atoms with Crippen molar-refractivity contribution >= 4 is 33.2 Å². The zero-order chi connectivity index (χ0) is 19.6. The molecule has 1 saturated heterocycles. The predicted molar refractivity (Wildman–Crippen MR) is 103 cm³/mol. The van der Waals surface area contributed by atoms with Crippen LogP contribution >= 0.6 is 0 Å². The molecule has 0 atom stereocenters. The number of hydrogen-bond acceptors (Lipinski definition) is 4. The molecule has 7 nitrogen and oxygen atoms in total. The first-order valence-corrected chi connectivity index (χ1v) is 9.97. The minimum atomic E-state index is -3.59. The molecule has 0 aliphatic carbocycles. The van der Waals surface area contributed by atoms with Crippen LogP contribution in [0.3, 0.4) is 0 Å². The van der Waals surface area contributed by atoms with Gasteiger partial charge in [-0.1, -0.05) is 12.1 Å². The van der Waals surface area contributed by atoms with Crippen LogP contribution in [0.4, 0.5) is 11.4 Å². The molecule has 1 aliphatic heterocycles. The van der Waals surface area contributed by atoms with Gasteiger partial charge in [-0.2, -0.15) is 0 Å². The number of benzene rings is 2. The molecule has 1 fully saturated rings. The quantitative estimate of drug-likeness (QED) is 0.853. The highest BCUT2D eigenvalue weighted by Gasteiger charge is 2.22. The summed E-state index contributed by atoms with van der Waals surface area (Å²) < 4.78 is 25.6. The number of nitrogens with zero attached hydrogens (tertiary/aromatic N) is 2. The van der Waals surface area contributed by atoms with Gasteiger partial charge in [0, 0.05) is 44.0 Å². The van der Waals surface area contributed by atoms with Crippen molar-refractivity contribution in [2.45, 2.75) is 17.7 Å². The van der Waals surface area contributed by atoms with Crippen molar-refractivity contribution in [3.05, 3.63) is 54.1 Å². The molecular formula is C19H21N3O4S. The van der Waals surface area contributed by atoms with Crippen LogP contribution in [0.5, 0.6) is 0 Å². The van der Waals surface area contributed by atoms with Crippen LogP contribution in [0, 0.1) is 0 Å². The van der Waals surface area contributed by atoms with Gasteiger partial charge in [0.25, 0.3) is 5.91 Å². The van der Waals surface area contributed by atoms with Crippen LogP contribution in [0.2, 0.25) is 0 Å². The van der Waals surface area contributed by atoms with E-state index in [2.05, 4.69) is 5.32 Å². The highest BCUT2D eigenvalue weighted by atomic mass is 32.2. The summed E-state index contributed by atoms with van der Waals surface area (Å²) in [4.78, 5) is 26.2. The van der Waals surface area contributed by atoms with Crippen LogP contribution in [0.1, 0.15) is 23.2 Å². The molecule has 0 unspecified atom stereocenters. The van der Waals surface area contributed by atoms with E-state index < -0.39 is 10.0 Å². The van der Waals surface area contributed by atoms with Gasteiger partial charge < -0.3 is 10.2 Å². The predicted octanol–water partition coefficient (Wildman–Crippen LogP) is 2.32. The Morgan fingerprint density at radius 1 is 1.11 bits per heavy atom. The van der Waals surface area contributed by atoms with Crippen molar-refractivity contribution in [1.82, 2.24) is 4.31 Å². The highest BCUT2D eigenvalue weighted by Crippen LogP contribution is 2.23. The van der Waals surface area contributed by atoms with Crippen LogP contribution in [0.15, 0.2) is 53.4 Å². The van der Waals surface area contributed by atoms with Crippen LogP contribution in [0.25, 0.3) is 0 Å². The second kappa shape index (κ2) is 7.50. The van der Waals surface area contributed by atoms with Gasteiger partial charge in [0.05, 0.1) is 4.90 Å². The summed E-state index contributed by atoms with van der Waals surface area (Å²) in [5.41, 5.74) is 1.47. The second-order valence-electron chi connectivity index (χ2n) is 6.47. The van der Waals surface area contributed by atoms with Gasteiger partial charge >= 0.3 is 0 Å². The first-order chi connectivity index (χ1) is 12.8. The Morgan fingerprint density at radius 2 is 1.85 bits per heavy atom. The molecule has 142 valence electrons. The zero-order valence-corrected chi connectivity index (χ0v) is 16.0. The summed E-state index contributed by atoms with van der Waals surface area (Å²) in [5, 5.41) is 2.71. The van der Waals surface area contributed by atoms with Gasteiger partial charge in [-0.05, 0) is 42.8 Å². The van der Waals surface area contributed by atoms with Crippen molar-refractivity contribution in [3.8, 4) is 0 Å². The zero-order valence-electron chi connectivity index (χ0n) is 15.2. The summed E-state index contributed by atoms with van der Waals surface area (Å²) in [6.07, 6.45) is 1.33. The maximum Gasteiger partial charge on any atom is 0.255 e. The van der Waals surface area contributed by atoms with Gasteiger partial charge in [-0.15, -0.1) is 0 Å². The molecule has 1 N–H and O–H groups in total. The molecule has 2 aromatic carbocycles. The van der Waals surface area contributed by atoms with Crippen molar-refractivity contribution in [2.75, 3.05) is 30.9 Å². The van der Waals surface area contributed by atoms with Crippen molar-refractivity contribution in [3.63, 3.8) is 0 Å². The molecule has 2 amide bonds. The maximum atomic E-state index is 12.6. The topological polar surface area (TPSA) is 86.8 Å². The third-order valence-corrected chi connectivity index (χ3v) is 6.17. The lowest BCUT2D eigenvalue weighted by atomic mass is 10.1. The first kappa shape index (κ1) is 19.1. The van der Waals surface area contributed by atoms with Crippen molar-refractivity contribution in [1.29, 1.82) is 0 Å². The fourth-order valence-electron chi connectivity index (χ4n) is 2.88. The Kier molecular flexibility index (Phi) is 5.29. The molecule has 0 radical (unpaired) electrons. The van der Waals surface area contributed by atoms with Gasteiger partial charge in [-0.3, -0.25) is 9.59 Å². The maximum absolute atomic E-state index is 12.6. The molecule has 3 rings (SSSR count). The molecule has 0 saturated carbocycles. The Hall–Kier alpha value is -2.71. The Morgan fingerprint density at radius 3 is 2.52 bits per heavy atom. The van der Waals surface area contributed by atoms with E-state index in [0.29, 0.717) is 29.9 Å². The Balaban J connectivity index is 1.81. The lowest BCUT2D eigenvalue weighted by molar-refractivity contribution is -0.117. The molecule has 0 aromatic heterocycles. The van der Waals surface area contributed by atoms with E-state index in [1.165, 1.54) is 26.2 Å². The third kappa shape index (κ3) is 4.01. The second-order valence-corrected chi connectivity index (χ2v) is 8.62. The van der Waals surface area contributed by atoms with Gasteiger partial charge in [0.2, 0.25) is 15.9 Å². The fourth-order valence-corrected chi connectivity index (χ4v) is 3.83. The van der Waals surface area contributed by atoms with E-state index in [4.69, 9.17) is 0 Å². The molecular weight excluding hydrogens is 366 g/mol. The molecule has 8 heteroatoms. The molecule has 0 spiro atoms. The van der Waals surface area contributed by atoms with Crippen LogP contribution in [-0.2, 0) is 14.8 Å². The summed E-state index contributed by atoms with van der Waals surface area (Å²) in [6.45, 7) is 0.647. The Bertz CT molecular complexity index is 986. The number of rotatable bonds is 5. The number of sulfonamides is 1. The fraction of sp³-hybridized carbons (Fsp3) is 0.263. The third-order valence-electron chi connectivity index (χ3n) is 4.36. The van der Waals surface area contributed by atoms with Gasteiger partial charge in [0.15, 0.2) is 0 Å². The summed E-state index contributed by atoms with van der Waals surface area (Å²) >= 11 is 0. The normalized spacial score (nSPS) is 14.6. The Labute approximate surface area is 158 Å². The number of nitrogens with one attached hydrogen (secondary N) is 1. The number of anilines is 2. The highest BCUT2D eigenvalue weighted by molar-refractivity contribution is 7.89. The van der Waals surface area contributed by atoms with E-state index in [1.807, 2.05) is 0 Å². The minimum absolute atomic E-state index is 0.0501. The minimum Gasteiger partial charge on any atom is -0.322 e. The molecule has 27 heavy (non-hydrogen) atoms. The summed E-state index contributed by atoms with van der Waals surface area (Å²) in [7, 11) is -0.686. The molecule has 1 heterocycles. The van der Waals surface area contributed by atoms with Crippen LogP contribution < -0.4 is 10.2 Å². The van der Waals surface area contributed by atoms with E-state index in [0.717, 1.165) is 10.7 Å². The summed E-state index contributed by atoms with van der Waals surface area (Å²) in [5.74, 6) is -0.322. The van der Waals surface area contributed by atoms with E-state index >= 15 is 0 Å². The van der Waals surface area contributed by atoms with E-state index in [9.17, 15) is 18.0 Å². The lowest BCUT2D eigenvalue weighted by Crippen LogP contribution is -2.24. The monoisotopic (exact) mass is 387 g/mol. The summed E-state index contributed by atoms with van der Waals surface area (Å²) in [6, 6.07) is 12.9. The standard InChI is InChI=1S/C19H21N3O4S/c1-21(2)27(25,26)17-9-4-7-15(13-17)20-19(24)14-6-3-8-16(12-14)22-11-5-10-18(22)23/h3-4,6-9,12-13H,5,10-11H2,1-2H3,(H,20,24). The number of carbonyl (C=O) groups is 2. The van der Waals surface area contributed by atoms with Gasteiger partial charge in [0.1, 0.15) is 0 Å². The first-order valence-electron chi connectivity index (χ1n) is 8.53. The van der Waals surface area contributed by atoms with Crippen molar-refractivity contribution in [2.24, 2.45) is 0 Å². The lowest BCUT2D eigenvalue weighted by Gasteiger charge is -2.16. The largest absolute Gasteiger partial charge is 0.322 e. The van der Waals surface area contributed by atoms with Crippen molar-refractivity contribution < 1.29 is 18.0 Å².